The van der Waals surface area contributed by atoms with Crippen molar-refractivity contribution in [3.63, 3.8) is 0 Å². The Morgan fingerprint density at radius 1 is 0.682 bits per heavy atom. The van der Waals surface area contributed by atoms with Crippen molar-refractivity contribution in [1.82, 2.24) is 0 Å². The van der Waals surface area contributed by atoms with E-state index in [-0.39, 0.29) is 0 Å². The molecule has 0 aliphatic heterocycles. The highest BCUT2D eigenvalue weighted by Gasteiger charge is 2.06. The van der Waals surface area contributed by atoms with Crippen LogP contribution in [-0.4, -0.2) is 21.3 Å². The largest absolute Gasteiger partial charge is 0.496 e. The van der Waals surface area contributed by atoms with Crippen LogP contribution in [-0.2, 0) is 13.1 Å². The van der Waals surface area contributed by atoms with Crippen LogP contribution in [0.2, 0.25) is 0 Å². The van der Waals surface area contributed by atoms with E-state index in [1.165, 1.54) is 0 Å². The Hall–Kier alpha value is -2.24. The van der Waals surface area contributed by atoms with Gasteiger partial charge in [-0.2, -0.15) is 0 Å². The van der Waals surface area contributed by atoms with Crippen molar-refractivity contribution < 1.29 is 14.2 Å². The summed E-state index contributed by atoms with van der Waals surface area (Å²) in [6, 6.07) is 13.3. The molecule has 4 N–H and O–H groups in total. The summed E-state index contributed by atoms with van der Waals surface area (Å²) < 4.78 is 15.3. The summed E-state index contributed by atoms with van der Waals surface area (Å²) in [5.41, 5.74) is 12.9. The van der Waals surface area contributed by atoms with Crippen molar-refractivity contribution >= 4 is 0 Å². The van der Waals surface area contributed by atoms with E-state index >= 15 is 0 Å². The smallest absolute Gasteiger partial charge is 0.127 e. The van der Waals surface area contributed by atoms with Crippen LogP contribution in [0, 0.1) is 0 Å². The molecule has 120 valence electrons. The van der Waals surface area contributed by atoms with E-state index in [0.29, 0.717) is 13.1 Å². The maximum Gasteiger partial charge on any atom is 0.127 e. The van der Waals surface area contributed by atoms with Crippen molar-refractivity contribution in [2.24, 2.45) is 11.5 Å². The molecule has 0 aliphatic rings. The van der Waals surface area contributed by atoms with Crippen LogP contribution in [0.25, 0.3) is 0 Å². The maximum atomic E-state index is 5.54. The van der Waals surface area contributed by atoms with E-state index in [1.807, 2.05) is 42.5 Å². The highest BCUT2D eigenvalue weighted by Crippen LogP contribution is 2.27. The van der Waals surface area contributed by atoms with Crippen molar-refractivity contribution in [2.45, 2.75) is 13.1 Å². The maximum absolute atomic E-state index is 5.54. The van der Waals surface area contributed by atoms with Gasteiger partial charge in [0.2, 0.25) is 0 Å². The van der Waals surface area contributed by atoms with E-state index in [9.17, 15) is 0 Å². The van der Waals surface area contributed by atoms with Crippen molar-refractivity contribution in [2.75, 3.05) is 21.3 Å². The molecule has 0 radical (unpaired) electrons. The van der Waals surface area contributed by atoms with Gasteiger partial charge in [-0.05, 0) is 18.2 Å². The lowest BCUT2D eigenvalue weighted by atomic mass is 10.2. The quantitative estimate of drug-likeness (QED) is 0.886. The Kier molecular flexibility index (Phi) is 7.81. The van der Waals surface area contributed by atoms with E-state index in [0.717, 1.165) is 28.4 Å². The highest BCUT2D eigenvalue weighted by atomic mass is 16.5. The van der Waals surface area contributed by atoms with Crippen LogP contribution in [0.4, 0.5) is 0 Å². The van der Waals surface area contributed by atoms with E-state index in [4.69, 9.17) is 25.7 Å². The van der Waals surface area contributed by atoms with Crippen molar-refractivity contribution in [1.29, 1.82) is 0 Å². The predicted octanol–water partition coefficient (Wildman–Crippen LogP) is 2.32. The van der Waals surface area contributed by atoms with Crippen LogP contribution in [0.3, 0.4) is 0 Å². The normalized spacial score (nSPS) is 9.50. The average molecular weight is 304 g/mol. The molecular weight excluding hydrogens is 280 g/mol. The Morgan fingerprint density at radius 2 is 1.18 bits per heavy atom. The van der Waals surface area contributed by atoms with Crippen LogP contribution in [0.15, 0.2) is 42.5 Å². The second-order valence-corrected chi connectivity index (χ2v) is 4.36. The van der Waals surface area contributed by atoms with E-state index < -0.39 is 0 Å². The summed E-state index contributed by atoms with van der Waals surface area (Å²) in [4.78, 5) is 0. The minimum absolute atomic E-state index is 0.424. The third-order valence-electron chi connectivity index (χ3n) is 3.15. The molecule has 0 spiro atoms. The molecule has 0 saturated heterocycles. The molecule has 0 heterocycles. The number of rotatable bonds is 5. The standard InChI is InChI=1S/C9H13NO2.C8H11NO/c1-11-8-4-3-5-9(12-2)7(8)6-10;1-10-8-5-3-2-4-7(8)6-9/h3-5H,6,10H2,1-2H3;2-5H,6,9H2,1H3. The summed E-state index contributed by atoms with van der Waals surface area (Å²) in [7, 11) is 4.89. The Balaban J connectivity index is 0.000000224. The number of nitrogens with two attached hydrogens (primary N) is 2. The summed E-state index contributed by atoms with van der Waals surface area (Å²) >= 11 is 0. The highest BCUT2D eigenvalue weighted by molar-refractivity contribution is 5.44. The number of hydrogen-bond donors (Lipinski definition) is 2. The summed E-state index contributed by atoms with van der Waals surface area (Å²) in [6.07, 6.45) is 0. The average Bonchev–Trinajstić information content (AvgIpc) is 2.61. The summed E-state index contributed by atoms with van der Waals surface area (Å²) in [5.74, 6) is 2.42. The second kappa shape index (κ2) is 9.65. The lowest BCUT2D eigenvalue weighted by molar-refractivity contribution is 0.385. The fourth-order valence-electron chi connectivity index (χ4n) is 2.00. The fourth-order valence-corrected chi connectivity index (χ4v) is 2.00. The lowest BCUT2D eigenvalue weighted by Gasteiger charge is -2.10. The first-order chi connectivity index (χ1) is 10.7. The SMILES string of the molecule is COc1cccc(OC)c1CN.COc1ccccc1CN. The Bertz CT molecular complexity index is 528. The molecule has 0 saturated carbocycles. The number of ether oxygens (including phenoxy) is 3. The molecule has 0 bridgehead atoms. The molecule has 0 unspecified atom stereocenters. The summed E-state index contributed by atoms with van der Waals surface area (Å²) in [5, 5.41) is 0. The van der Waals surface area contributed by atoms with Gasteiger partial charge in [-0.1, -0.05) is 24.3 Å². The zero-order chi connectivity index (χ0) is 16.4. The van der Waals surface area contributed by atoms with Gasteiger partial charge >= 0.3 is 0 Å². The van der Waals surface area contributed by atoms with Gasteiger partial charge in [-0.3, -0.25) is 0 Å². The molecule has 0 aliphatic carbocycles. The van der Waals surface area contributed by atoms with Gasteiger partial charge in [0.05, 0.1) is 21.3 Å². The van der Waals surface area contributed by atoms with Crippen LogP contribution >= 0.6 is 0 Å². The molecule has 2 rings (SSSR count). The third-order valence-corrected chi connectivity index (χ3v) is 3.15. The molecule has 2 aromatic rings. The van der Waals surface area contributed by atoms with Gasteiger partial charge in [0.15, 0.2) is 0 Å². The first-order valence-corrected chi connectivity index (χ1v) is 6.93. The fraction of sp³-hybridized carbons (Fsp3) is 0.294. The minimum atomic E-state index is 0.424. The van der Waals surface area contributed by atoms with Gasteiger partial charge in [0.1, 0.15) is 17.2 Å². The van der Waals surface area contributed by atoms with Gasteiger partial charge in [-0.25, -0.2) is 0 Å². The molecule has 0 atom stereocenters. The Labute approximate surface area is 131 Å². The van der Waals surface area contributed by atoms with Gasteiger partial charge in [-0.15, -0.1) is 0 Å². The van der Waals surface area contributed by atoms with Crippen molar-refractivity contribution in [3.8, 4) is 17.2 Å². The zero-order valence-corrected chi connectivity index (χ0v) is 13.3. The Morgan fingerprint density at radius 3 is 1.59 bits per heavy atom. The van der Waals surface area contributed by atoms with E-state index in [2.05, 4.69) is 0 Å². The van der Waals surface area contributed by atoms with Crippen molar-refractivity contribution in [3.05, 3.63) is 53.6 Å². The summed E-state index contributed by atoms with van der Waals surface area (Å²) in [6.45, 7) is 0.956. The first-order valence-electron chi connectivity index (χ1n) is 6.93. The van der Waals surface area contributed by atoms with E-state index in [1.54, 1.807) is 21.3 Å². The number of benzene rings is 2. The molecule has 22 heavy (non-hydrogen) atoms. The molecule has 0 amide bonds. The zero-order valence-electron chi connectivity index (χ0n) is 13.3. The molecule has 0 aromatic heterocycles. The van der Waals surface area contributed by atoms with Crippen LogP contribution in [0.5, 0.6) is 17.2 Å². The first kappa shape index (κ1) is 17.8. The number of hydrogen-bond acceptors (Lipinski definition) is 5. The number of methoxy groups -OCH3 is 3. The van der Waals surface area contributed by atoms with Gasteiger partial charge in [0, 0.05) is 24.2 Å². The number of para-hydroxylation sites is 1. The third kappa shape index (κ3) is 4.65. The molecule has 5 nitrogen and oxygen atoms in total. The minimum Gasteiger partial charge on any atom is -0.496 e. The second-order valence-electron chi connectivity index (χ2n) is 4.36. The molecule has 0 fully saturated rings. The van der Waals surface area contributed by atoms with Crippen LogP contribution in [0.1, 0.15) is 11.1 Å². The van der Waals surface area contributed by atoms with Gasteiger partial charge in [0.25, 0.3) is 0 Å². The topological polar surface area (TPSA) is 79.7 Å². The molecule has 5 heteroatoms. The van der Waals surface area contributed by atoms with Gasteiger partial charge < -0.3 is 25.7 Å². The van der Waals surface area contributed by atoms with Crippen LogP contribution < -0.4 is 25.7 Å². The predicted molar refractivity (Wildman–Crippen MR) is 88.3 cm³/mol. The molecule has 2 aromatic carbocycles. The monoisotopic (exact) mass is 304 g/mol. The molecular formula is C17H24N2O3. The lowest BCUT2D eigenvalue weighted by Crippen LogP contribution is -2.02.